The molecule has 0 aliphatic heterocycles. The number of ether oxygens (including phenoxy) is 2. The molecule has 0 saturated carbocycles. The molecule has 0 aromatic heterocycles. The Bertz CT molecular complexity index is 399. The van der Waals surface area contributed by atoms with Crippen molar-refractivity contribution in [3.8, 4) is 5.75 Å². The third-order valence-corrected chi connectivity index (χ3v) is 1.94. The van der Waals surface area contributed by atoms with Crippen LogP contribution in [0.25, 0.3) is 0 Å². The van der Waals surface area contributed by atoms with Gasteiger partial charge in [0, 0.05) is 0 Å². The quantitative estimate of drug-likeness (QED) is 0.737. The fourth-order valence-corrected chi connectivity index (χ4v) is 1.18. The second-order valence-electron chi connectivity index (χ2n) is 2.90. The molecule has 6 heteroatoms. The summed E-state index contributed by atoms with van der Waals surface area (Å²) >= 11 is 0. The lowest BCUT2D eigenvalue weighted by molar-refractivity contribution is -0.138. The Morgan fingerprint density at radius 3 is 2.31 bits per heavy atom. The molecule has 0 aliphatic carbocycles. The Kier molecular flexibility index (Phi) is 3.41. The van der Waals surface area contributed by atoms with Gasteiger partial charge in [0.15, 0.2) is 0 Å². The number of carbonyl (C=O) groups is 1. The first-order valence-electron chi connectivity index (χ1n) is 4.23. The minimum Gasteiger partial charge on any atom is -0.497 e. The Morgan fingerprint density at radius 1 is 1.25 bits per heavy atom. The van der Waals surface area contributed by atoms with Gasteiger partial charge in [0.1, 0.15) is 5.75 Å². The molecule has 1 aromatic carbocycles. The predicted octanol–water partition coefficient (Wildman–Crippen LogP) is 2.50. The zero-order valence-corrected chi connectivity index (χ0v) is 8.59. The van der Waals surface area contributed by atoms with Crippen molar-refractivity contribution in [2.75, 3.05) is 14.2 Å². The molecule has 0 heterocycles. The molecule has 0 radical (unpaired) electrons. The summed E-state index contributed by atoms with van der Waals surface area (Å²) in [6.45, 7) is 0. The highest BCUT2D eigenvalue weighted by Crippen LogP contribution is 2.34. The van der Waals surface area contributed by atoms with Gasteiger partial charge in [-0.2, -0.15) is 13.2 Å². The fraction of sp³-hybridized carbons (Fsp3) is 0.300. The van der Waals surface area contributed by atoms with E-state index in [0.29, 0.717) is 0 Å². The van der Waals surface area contributed by atoms with Gasteiger partial charge in [0.05, 0.1) is 25.3 Å². The summed E-state index contributed by atoms with van der Waals surface area (Å²) in [5.41, 5.74) is -1.60. The highest BCUT2D eigenvalue weighted by Gasteiger charge is 2.35. The SMILES string of the molecule is COC(=O)c1cc(OC)ccc1C(F)(F)F. The normalized spacial score (nSPS) is 11.1. The van der Waals surface area contributed by atoms with Gasteiger partial charge >= 0.3 is 12.1 Å². The Balaban J connectivity index is 3.33. The average Bonchev–Trinajstić information content (AvgIpc) is 2.25. The summed E-state index contributed by atoms with van der Waals surface area (Å²) in [7, 11) is 2.31. The lowest BCUT2D eigenvalue weighted by Crippen LogP contribution is -2.14. The summed E-state index contributed by atoms with van der Waals surface area (Å²) in [6.07, 6.45) is -4.60. The van der Waals surface area contributed by atoms with Crippen molar-refractivity contribution < 1.29 is 27.4 Å². The fourth-order valence-electron chi connectivity index (χ4n) is 1.18. The van der Waals surface area contributed by atoms with E-state index >= 15 is 0 Å². The molecule has 1 rings (SSSR count). The van der Waals surface area contributed by atoms with Crippen molar-refractivity contribution >= 4 is 5.97 Å². The molecule has 3 nitrogen and oxygen atoms in total. The average molecular weight is 234 g/mol. The number of rotatable bonds is 2. The zero-order valence-electron chi connectivity index (χ0n) is 8.59. The Labute approximate surface area is 89.8 Å². The molecule has 0 spiro atoms. The summed E-state index contributed by atoms with van der Waals surface area (Å²) in [5, 5.41) is 0. The molecule has 88 valence electrons. The van der Waals surface area contributed by atoms with Crippen LogP contribution in [-0.4, -0.2) is 20.2 Å². The van der Waals surface area contributed by atoms with E-state index in [1.54, 1.807) is 0 Å². The van der Waals surface area contributed by atoms with E-state index in [9.17, 15) is 18.0 Å². The smallest absolute Gasteiger partial charge is 0.417 e. The van der Waals surface area contributed by atoms with E-state index in [-0.39, 0.29) is 5.75 Å². The molecule has 0 aliphatic rings. The molecule has 0 fully saturated rings. The van der Waals surface area contributed by atoms with Crippen molar-refractivity contribution in [1.29, 1.82) is 0 Å². The van der Waals surface area contributed by atoms with Gasteiger partial charge in [-0.3, -0.25) is 0 Å². The van der Waals surface area contributed by atoms with Crippen LogP contribution in [0.5, 0.6) is 5.75 Å². The van der Waals surface area contributed by atoms with Crippen molar-refractivity contribution in [2.45, 2.75) is 6.18 Å². The van der Waals surface area contributed by atoms with Gasteiger partial charge in [-0.15, -0.1) is 0 Å². The van der Waals surface area contributed by atoms with E-state index < -0.39 is 23.3 Å². The molecule has 0 saturated heterocycles. The predicted molar refractivity (Wildman–Crippen MR) is 49.3 cm³/mol. The molecular weight excluding hydrogens is 225 g/mol. The Hall–Kier alpha value is -1.72. The highest BCUT2D eigenvalue weighted by molar-refractivity contribution is 5.91. The maximum atomic E-state index is 12.5. The molecule has 0 N–H and O–H groups in total. The van der Waals surface area contributed by atoms with E-state index in [0.717, 1.165) is 25.3 Å². The first kappa shape index (κ1) is 12.4. The summed E-state index contributed by atoms with van der Waals surface area (Å²) in [6, 6.07) is 2.91. The van der Waals surface area contributed by atoms with Crippen LogP contribution in [0.3, 0.4) is 0 Å². The van der Waals surface area contributed by atoms with E-state index in [1.165, 1.54) is 7.11 Å². The van der Waals surface area contributed by atoms with Crippen LogP contribution in [0.15, 0.2) is 18.2 Å². The summed E-state index contributed by atoms with van der Waals surface area (Å²) < 4.78 is 46.6. The largest absolute Gasteiger partial charge is 0.497 e. The van der Waals surface area contributed by atoms with Crippen molar-refractivity contribution in [2.24, 2.45) is 0 Å². The third kappa shape index (κ3) is 2.44. The lowest BCUT2D eigenvalue weighted by Gasteiger charge is -2.12. The van der Waals surface area contributed by atoms with E-state index in [4.69, 9.17) is 4.74 Å². The van der Waals surface area contributed by atoms with Crippen LogP contribution in [0, 0.1) is 0 Å². The van der Waals surface area contributed by atoms with Crippen LogP contribution in [0.2, 0.25) is 0 Å². The number of halogens is 3. The van der Waals surface area contributed by atoms with Crippen molar-refractivity contribution in [1.82, 2.24) is 0 Å². The minimum atomic E-state index is -4.60. The molecule has 0 unspecified atom stereocenters. The summed E-state index contributed by atoms with van der Waals surface area (Å²) in [5.74, 6) is -0.889. The molecule has 0 atom stereocenters. The monoisotopic (exact) mass is 234 g/mol. The molecular formula is C10H9F3O3. The maximum absolute atomic E-state index is 12.5. The number of carbonyl (C=O) groups excluding carboxylic acids is 1. The number of benzene rings is 1. The van der Waals surface area contributed by atoms with Gasteiger partial charge in [-0.05, 0) is 18.2 Å². The number of hydrogen-bond acceptors (Lipinski definition) is 3. The standard InChI is InChI=1S/C10H9F3O3/c1-15-6-3-4-8(10(11,12)13)7(5-6)9(14)16-2/h3-5H,1-2H3. The van der Waals surface area contributed by atoms with Crippen LogP contribution >= 0.6 is 0 Å². The lowest BCUT2D eigenvalue weighted by atomic mass is 10.1. The number of hydrogen-bond donors (Lipinski definition) is 0. The molecule has 0 amide bonds. The highest BCUT2D eigenvalue weighted by atomic mass is 19.4. The Morgan fingerprint density at radius 2 is 1.88 bits per heavy atom. The number of esters is 1. The van der Waals surface area contributed by atoms with Gasteiger partial charge in [0.2, 0.25) is 0 Å². The topological polar surface area (TPSA) is 35.5 Å². The second kappa shape index (κ2) is 4.42. The van der Waals surface area contributed by atoms with Gasteiger partial charge in [-0.25, -0.2) is 4.79 Å². The van der Waals surface area contributed by atoms with Crippen molar-refractivity contribution in [3.63, 3.8) is 0 Å². The number of methoxy groups -OCH3 is 2. The van der Waals surface area contributed by atoms with E-state index in [2.05, 4.69) is 4.74 Å². The maximum Gasteiger partial charge on any atom is 0.417 e. The molecule has 0 bridgehead atoms. The van der Waals surface area contributed by atoms with Gasteiger partial charge < -0.3 is 9.47 Å². The third-order valence-electron chi connectivity index (χ3n) is 1.94. The minimum absolute atomic E-state index is 0.161. The summed E-state index contributed by atoms with van der Waals surface area (Å²) in [4.78, 5) is 11.2. The second-order valence-corrected chi connectivity index (χ2v) is 2.90. The molecule has 16 heavy (non-hydrogen) atoms. The van der Waals surface area contributed by atoms with Crippen LogP contribution in [0.4, 0.5) is 13.2 Å². The number of alkyl halides is 3. The molecule has 1 aromatic rings. The van der Waals surface area contributed by atoms with E-state index in [1.807, 2.05) is 0 Å². The van der Waals surface area contributed by atoms with Gasteiger partial charge in [0.25, 0.3) is 0 Å². The van der Waals surface area contributed by atoms with Crippen molar-refractivity contribution in [3.05, 3.63) is 29.3 Å². The van der Waals surface area contributed by atoms with Crippen LogP contribution in [-0.2, 0) is 10.9 Å². The van der Waals surface area contributed by atoms with Crippen LogP contribution < -0.4 is 4.74 Å². The van der Waals surface area contributed by atoms with Crippen LogP contribution in [0.1, 0.15) is 15.9 Å². The first-order chi connectivity index (χ1) is 7.40. The van der Waals surface area contributed by atoms with Gasteiger partial charge in [-0.1, -0.05) is 0 Å². The zero-order chi connectivity index (χ0) is 12.3. The first-order valence-corrected chi connectivity index (χ1v) is 4.23.